The van der Waals surface area contributed by atoms with Crippen LogP contribution in [0.2, 0.25) is 0 Å². The van der Waals surface area contributed by atoms with E-state index in [4.69, 9.17) is 24.7 Å². The molecular formula is C20H29NO12. The third-order valence-corrected chi connectivity index (χ3v) is 5.54. The second-order valence-electron chi connectivity index (χ2n) is 7.69. The largest absolute Gasteiger partial charge is 0.465 e. The van der Waals surface area contributed by atoms with Crippen LogP contribution >= 0.6 is 0 Å². The van der Waals surface area contributed by atoms with E-state index in [1.54, 1.807) is 0 Å². The average molecular weight is 475 g/mol. The maximum atomic E-state index is 11.5. The highest BCUT2D eigenvalue weighted by molar-refractivity contribution is 5.89. The Morgan fingerprint density at radius 1 is 0.909 bits per heavy atom. The van der Waals surface area contributed by atoms with Crippen LogP contribution in [-0.4, -0.2) is 118 Å². The second-order valence-corrected chi connectivity index (χ2v) is 7.69. The van der Waals surface area contributed by atoms with Crippen LogP contribution in [0.25, 0.3) is 0 Å². The summed E-state index contributed by atoms with van der Waals surface area (Å²) in [5, 5.41) is 60.9. The first-order chi connectivity index (χ1) is 15.7. The lowest BCUT2D eigenvalue weighted by molar-refractivity contribution is -0.349. The topological polar surface area (TPSA) is 211 Å². The van der Waals surface area contributed by atoms with Crippen LogP contribution in [0.15, 0.2) is 24.3 Å². The van der Waals surface area contributed by atoms with Gasteiger partial charge in [0.1, 0.15) is 54.6 Å². The van der Waals surface area contributed by atoms with Gasteiger partial charge < -0.3 is 60.1 Å². The van der Waals surface area contributed by atoms with Crippen molar-refractivity contribution in [3.05, 3.63) is 29.8 Å². The zero-order chi connectivity index (χ0) is 24.3. The van der Waals surface area contributed by atoms with Crippen LogP contribution in [0.1, 0.15) is 10.4 Å². The fraction of sp³-hybridized carbons (Fsp3) is 0.650. The number of benzene rings is 1. The Balaban J connectivity index is 1.69. The highest BCUT2D eigenvalue weighted by atomic mass is 16.7. The van der Waals surface area contributed by atoms with Gasteiger partial charge in [0.05, 0.1) is 19.3 Å². The molecule has 2 aliphatic rings. The summed E-state index contributed by atoms with van der Waals surface area (Å²) in [5.74, 6) is -0.350. The lowest BCUT2D eigenvalue weighted by Gasteiger charge is -2.46. The lowest BCUT2D eigenvalue weighted by atomic mass is 9.97. The number of carbonyl (C=O) groups is 1. The minimum atomic E-state index is -1.70. The Bertz CT molecular complexity index is 775. The van der Waals surface area contributed by atoms with E-state index in [1.165, 1.54) is 31.4 Å². The van der Waals surface area contributed by atoms with Gasteiger partial charge in [-0.05, 0) is 24.3 Å². The van der Waals surface area contributed by atoms with Crippen molar-refractivity contribution in [2.45, 2.75) is 61.4 Å². The Morgan fingerprint density at radius 2 is 1.52 bits per heavy atom. The molecule has 2 heterocycles. The summed E-state index contributed by atoms with van der Waals surface area (Å²) in [5.41, 5.74) is 5.76. The second kappa shape index (κ2) is 11.0. The molecule has 33 heavy (non-hydrogen) atoms. The molecule has 2 fully saturated rings. The molecule has 0 amide bonds. The van der Waals surface area contributed by atoms with E-state index in [0.717, 1.165) is 0 Å². The number of aliphatic hydroxyl groups is 6. The molecule has 0 spiro atoms. The van der Waals surface area contributed by atoms with E-state index in [1.807, 2.05) is 0 Å². The van der Waals surface area contributed by atoms with Gasteiger partial charge in [-0.1, -0.05) is 0 Å². The molecule has 0 radical (unpaired) electrons. The summed E-state index contributed by atoms with van der Waals surface area (Å²) in [7, 11) is 1.24. The van der Waals surface area contributed by atoms with Gasteiger partial charge in [-0.2, -0.15) is 0 Å². The first kappa shape index (κ1) is 25.7. The molecule has 10 atom stereocenters. The van der Waals surface area contributed by atoms with Crippen molar-refractivity contribution >= 4 is 5.97 Å². The van der Waals surface area contributed by atoms with Crippen LogP contribution in [0.5, 0.6) is 5.75 Å². The van der Waals surface area contributed by atoms with E-state index < -0.39 is 74.0 Å². The van der Waals surface area contributed by atoms with Crippen molar-refractivity contribution < 1.29 is 59.1 Å². The molecule has 13 heteroatoms. The number of nitrogens with two attached hydrogens (primary N) is 1. The zero-order valence-electron chi connectivity index (χ0n) is 17.7. The van der Waals surface area contributed by atoms with E-state index in [9.17, 15) is 35.4 Å². The van der Waals surface area contributed by atoms with Gasteiger partial charge in [0.2, 0.25) is 6.29 Å². The lowest BCUT2D eigenvalue weighted by Crippen LogP contribution is -2.65. The standard InChI is InChI=1S/C20H29NO12/c1-29-18(28)8-2-4-9(5-3-8)30-19-16(27)14(25)17(11(7-22)32-19)33-20-15(26)13(24)12(23)10(6-21)31-20/h2-5,10-17,19-20,22-27H,6-7,21H2,1H3/t10-,11-,12+,13+,14-,15-,16-,17-,19-,20+/m1/s1. The van der Waals surface area contributed by atoms with Gasteiger partial charge in [0.25, 0.3) is 0 Å². The molecule has 0 bridgehead atoms. The Morgan fingerprint density at radius 3 is 2.09 bits per heavy atom. The SMILES string of the molecule is COC(=O)c1ccc(O[C@@H]2O[C@H](CO)[C@@H](O[C@@H]3O[C@H](CN)[C@H](O)[C@H](O)[C@H]3O)[C@H](O)[C@H]2O)cc1. The van der Waals surface area contributed by atoms with Crippen molar-refractivity contribution in [2.24, 2.45) is 5.73 Å². The maximum Gasteiger partial charge on any atom is 0.337 e. The Hall–Kier alpha value is -1.91. The maximum absolute atomic E-state index is 11.5. The van der Waals surface area contributed by atoms with E-state index in [0.29, 0.717) is 0 Å². The minimum Gasteiger partial charge on any atom is -0.465 e. The summed E-state index contributed by atoms with van der Waals surface area (Å²) < 4.78 is 26.6. The predicted octanol–water partition coefficient (Wildman–Crippen LogP) is -3.56. The van der Waals surface area contributed by atoms with Crippen molar-refractivity contribution in [1.82, 2.24) is 0 Å². The van der Waals surface area contributed by atoms with Gasteiger partial charge in [0, 0.05) is 6.54 Å². The van der Waals surface area contributed by atoms with Gasteiger partial charge in [-0.25, -0.2) is 4.79 Å². The molecule has 2 aliphatic heterocycles. The number of hydrogen-bond acceptors (Lipinski definition) is 13. The molecule has 0 saturated carbocycles. The summed E-state index contributed by atoms with van der Waals surface area (Å²) >= 11 is 0. The molecule has 186 valence electrons. The molecule has 1 aromatic carbocycles. The zero-order valence-corrected chi connectivity index (χ0v) is 17.7. The first-order valence-electron chi connectivity index (χ1n) is 10.2. The quantitative estimate of drug-likeness (QED) is 0.191. The minimum absolute atomic E-state index is 0.189. The van der Waals surface area contributed by atoms with Crippen molar-refractivity contribution in [1.29, 1.82) is 0 Å². The van der Waals surface area contributed by atoms with E-state index in [2.05, 4.69) is 4.74 Å². The number of esters is 1. The Labute approximate surface area is 188 Å². The van der Waals surface area contributed by atoms with Gasteiger partial charge in [-0.3, -0.25) is 0 Å². The number of methoxy groups -OCH3 is 1. The molecule has 2 saturated heterocycles. The molecule has 1 aromatic rings. The van der Waals surface area contributed by atoms with Crippen LogP contribution in [0.4, 0.5) is 0 Å². The molecule has 0 aliphatic carbocycles. The van der Waals surface area contributed by atoms with E-state index >= 15 is 0 Å². The fourth-order valence-electron chi connectivity index (χ4n) is 3.62. The van der Waals surface area contributed by atoms with Crippen LogP contribution in [0, 0.1) is 0 Å². The highest BCUT2D eigenvalue weighted by Crippen LogP contribution is 2.30. The van der Waals surface area contributed by atoms with Gasteiger partial charge in [-0.15, -0.1) is 0 Å². The molecule has 0 aromatic heterocycles. The highest BCUT2D eigenvalue weighted by Gasteiger charge is 2.50. The summed E-state index contributed by atoms with van der Waals surface area (Å²) in [4.78, 5) is 11.5. The molecule has 13 nitrogen and oxygen atoms in total. The number of carbonyl (C=O) groups excluding carboxylic acids is 1. The first-order valence-corrected chi connectivity index (χ1v) is 10.2. The summed E-state index contributed by atoms with van der Waals surface area (Å²) in [6, 6.07) is 5.71. The van der Waals surface area contributed by atoms with Crippen LogP contribution < -0.4 is 10.5 Å². The Kier molecular flexibility index (Phi) is 8.58. The normalized spacial score (nSPS) is 39.2. The predicted molar refractivity (Wildman–Crippen MR) is 107 cm³/mol. The number of aliphatic hydroxyl groups excluding tert-OH is 6. The van der Waals surface area contributed by atoms with Crippen LogP contribution in [-0.2, 0) is 18.9 Å². The number of rotatable bonds is 7. The molecule has 3 rings (SSSR count). The van der Waals surface area contributed by atoms with Crippen molar-refractivity contribution in [2.75, 3.05) is 20.3 Å². The fourth-order valence-corrected chi connectivity index (χ4v) is 3.62. The molecule has 0 unspecified atom stereocenters. The third-order valence-electron chi connectivity index (χ3n) is 5.54. The number of ether oxygens (including phenoxy) is 5. The molecule has 8 N–H and O–H groups in total. The van der Waals surface area contributed by atoms with Gasteiger partial charge in [0.15, 0.2) is 6.29 Å². The summed E-state index contributed by atoms with van der Waals surface area (Å²) in [6.45, 7) is -0.852. The average Bonchev–Trinajstić information content (AvgIpc) is 2.83. The third kappa shape index (κ3) is 5.44. The van der Waals surface area contributed by atoms with E-state index in [-0.39, 0.29) is 17.9 Å². The smallest absolute Gasteiger partial charge is 0.337 e. The molecular weight excluding hydrogens is 446 g/mol. The summed E-state index contributed by atoms with van der Waals surface area (Å²) in [6.07, 6.45) is -14.7. The van der Waals surface area contributed by atoms with Crippen molar-refractivity contribution in [3.63, 3.8) is 0 Å². The number of hydrogen-bond donors (Lipinski definition) is 7. The van der Waals surface area contributed by atoms with Crippen LogP contribution in [0.3, 0.4) is 0 Å². The monoisotopic (exact) mass is 475 g/mol. The van der Waals surface area contributed by atoms with Crippen molar-refractivity contribution in [3.8, 4) is 5.75 Å². The van der Waals surface area contributed by atoms with Gasteiger partial charge >= 0.3 is 5.97 Å².